The SMILES string of the molecule is CC(=O)N(Cc1ccc(NC(=O)Cc2ccc(N)cc2)cc1)C(C)C.Cl. The quantitative estimate of drug-likeness (QED) is 0.757. The van der Waals surface area contributed by atoms with E-state index >= 15 is 0 Å². The molecule has 0 aliphatic rings. The highest BCUT2D eigenvalue weighted by Gasteiger charge is 2.13. The Morgan fingerprint density at radius 2 is 1.54 bits per heavy atom. The molecule has 0 aromatic heterocycles. The molecule has 6 heteroatoms. The van der Waals surface area contributed by atoms with Crippen LogP contribution in [0.3, 0.4) is 0 Å². The van der Waals surface area contributed by atoms with Crippen molar-refractivity contribution in [1.82, 2.24) is 4.90 Å². The highest BCUT2D eigenvalue weighted by atomic mass is 35.5. The van der Waals surface area contributed by atoms with Crippen LogP contribution in [-0.4, -0.2) is 22.8 Å². The van der Waals surface area contributed by atoms with Gasteiger partial charge in [-0.3, -0.25) is 9.59 Å². The Hall–Kier alpha value is -2.53. The van der Waals surface area contributed by atoms with Gasteiger partial charge < -0.3 is 16.0 Å². The van der Waals surface area contributed by atoms with Gasteiger partial charge in [0.05, 0.1) is 6.42 Å². The lowest BCUT2D eigenvalue weighted by molar-refractivity contribution is -0.131. The van der Waals surface area contributed by atoms with Gasteiger partial charge in [0, 0.05) is 30.9 Å². The number of nitrogens with one attached hydrogen (secondary N) is 1. The van der Waals surface area contributed by atoms with E-state index in [0.717, 1.165) is 16.8 Å². The molecule has 0 fully saturated rings. The molecule has 0 saturated carbocycles. The second-order valence-corrected chi connectivity index (χ2v) is 6.40. The molecule has 0 spiro atoms. The Kier molecular flexibility index (Phi) is 8.13. The first-order valence-corrected chi connectivity index (χ1v) is 8.35. The Morgan fingerprint density at radius 3 is 2.04 bits per heavy atom. The van der Waals surface area contributed by atoms with Gasteiger partial charge in [-0.15, -0.1) is 12.4 Å². The van der Waals surface area contributed by atoms with Crippen LogP contribution < -0.4 is 11.1 Å². The summed E-state index contributed by atoms with van der Waals surface area (Å²) in [6.45, 7) is 6.12. The molecule has 2 amide bonds. The number of halogens is 1. The average molecular weight is 376 g/mol. The predicted octanol–water partition coefficient (Wildman–Crippen LogP) is 3.63. The van der Waals surface area contributed by atoms with Gasteiger partial charge in [-0.05, 0) is 49.2 Å². The van der Waals surface area contributed by atoms with Crippen molar-refractivity contribution in [2.24, 2.45) is 0 Å². The van der Waals surface area contributed by atoms with Gasteiger partial charge in [0.15, 0.2) is 0 Å². The summed E-state index contributed by atoms with van der Waals surface area (Å²) in [7, 11) is 0. The highest BCUT2D eigenvalue weighted by molar-refractivity contribution is 5.92. The molecule has 140 valence electrons. The maximum atomic E-state index is 12.1. The van der Waals surface area contributed by atoms with Crippen LogP contribution in [0.5, 0.6) is 0 Å². The minimum Gasteiger partial charge on any atom is -0.399 e. The van der Waals surface area contributed by atoms with E-state index in [-0.39, 0.29) is 30.3 Å². The summed E-state index contributed by atoms with van der Waals surface area (Å²) < 4.78 is 0. The van der Waals surface area contributed by atoms with Gasteiger partial charge >= 0.3 is 0 Å². The molecule has 3 N–H and O–H groups in total. The fourth-order valence-electron chi connectivity index (χ4n) is 2.57. The van der Waals surface area contributed by atoms with Crippen LogP contribution in [-0.2, 0) is 22.6 Å². The summed E-state index contributed by atoms with van der Waals surface area (Å²) in [6.07, 6.45) is 0.299. The van der Waals surface area contributed by atoms with E-state index in [9.17, 15) is 9.59 Å². The van der Waals surface area contributed by atoms with Crippen molar-refractivity contribution in [3.05, 3.63) is 59.7 Å². The number of anilines is 2. The fraction of sp³-hybridized carbons (Fsp3) is 0.300. The topological polar surface area (TPSA) is 75.4 Å². The molecule has 0 saturated heterocycles. The van der Waals surface area contributed by atoms with Crippen LogP contribution in [0.2, 0.25) is 0 Å². The number of hydrogen-bond acceptors (Lipinski definition) is 3. The number of rotatable bonds is 6. The molecule has 2 rings (SSSR count). The molecule has 0 aliphatic heterocycles. The predicted molar refractivity (Wildman–Crippen MR) is 108 cm³/mol. The monoisotopic (exact) mass is 375 g/mol. The fourth-order valence-corrected chi connectivity index (χ4v) is 2.57. The number of benzene rings is 2. The maximum absolute atomic E-state index is 12.1. The van der Waals surface area contributed by atoms with Gasteiger partial charge in [0.2, 0.25) is 11.8 Å². The molecule has 0 radical (unpaired) electrons. The lowest BCUT2D eigenvalue weighted by Crippen LogP contribution is -2.34. The van der Waals surface area contributed by atoms with Crippen LogP contribution in [0.25, 0.3) is 0 Å². The molecule has 0 heterocycles. The summed E-state index contributed by atoms with van der Waals surface area (Å²) in [4.78, 5) is 25.6. The normalized spacial score (nSPS) is 10.2. The molecular weight excluding hydrogens is 350 g/mol. The van der Waals surface area contributed by atoms with E-state index < -0.39 is 0 Å². The maximum Gasteiger partial charge on any atom is 0.228 e. The lowest BCUT2D eigenvalue weighted by atomic mass is 10.1. The van der Waals surface area contributed by atoms with Crippen molar-refractivity contribution < 1.29 is 9.59 Å². The molecule has 0 atom stereocenters. The standard InChI is InChI=1S/C20H25N3O2.ClH/c1-14(2)23(15(3)24)13-17-6-10-19(11-7-17)22-20(25)12-16-4-8-18(21)9-5-16;/h4-11,14H,12-13,21H2,1-3H3,(H,22,25);1H. The molecular formula is C20H26ClN3O2. The Bertz CT molecular complexity index is 728. The zero-order valence-electron chi connectivity index (χ0n) is 15.4. The number of hydrogen-bond donors (Lipinski definition) is 2. The van der Waals surface area contributed by atoms with Crippen molar-refractivity contribution in [3.8, 4) is 0 Å². The van der Waals surface area contributed by atoms with E-state index in [1.807, 2.05) is 50.2 Å². The number of nitrogens with two attached hydrogens (primary N) is 1. The number of nitrogens with zero attached hydrogens (tertiary/aromatic N) is 1. The van der Waals surface area contributed by atoms with Crippen LogP contribution in [0, 0.1) is 0 Å². The van der Waals surface area contributed by atoms with Crippen molar-refractivity contribution in [1.29, 1.82) is 0 Å². The van der Waals surface area contributed by atoms with Crippen LogP contribution in [0.1, 0.15) is 31.9 Å². The van der Waals surface area contributed by atoms with Crippen molar-refractivity contribution in [2.45, 2.75) is 39.8 Å². The van der Waals surface area contributed by atoms with E-state index in [1.54, 1.807) is 24.0 Å². The Balaban J connectivity index is 0.00000338. The first-order chi connectivity index (χ1) is 11.8. The smallest absolute Gasteiger partial charge is 0.228 e. The molecule has 5 nitrogen and oxygen atoms in total. The molecule has 0 unspecified atom stereocenters. The third kappa shape index (κ3) is 6.41. The molecule has 2 aromatic rings. The first kappa shape index (κ1) is 21.5. The van der Waals surface area contributed by atoms with Gasteiger partial charge in [-0.2, -0.15) is 0 Å². The Labute approximate surface area is 161 Å². The van der Waals surface area contributed by atoms with Crippen molar-refractivity contribution in [2.75, 3.05) is 11.1 Å². The van der Waals surface area contributed by atoms with Gasteiger partial charge in [0.1, 0.15) is 0 Å². The summed E-state index contributed by atoms with van der Waals surface area (Å²) in [5, 5.41) is 2.88. The number of amides is 2. The summed E-state index contributed by atoms with van der Waals surface area (Å²) >= 11 is 0. The molecule has 26 heavy (non-hydrogen) atoms. The summed E-state index contributed by atoms with van der Waals surface area (Å²) in [5.41, 5.74) is 9.00. The van der Waals surface area contributed by atoms with Gasteiger partial charge in [-0.1, -0.05) is 24.3 Å². The molecule has 0 bridgehead atoms. The zero-order chi connectivity index (χ0) is 18.4. The number of carbonyl (C=O) groups excluding carboxylic acids is 2. The van der Waals surface area contributed by atoms with E-state index in [2.05, 4.69) is 5.32 Å². The Morgan fingerprint density at radius 1 is 1.00 bits per heavy atom. The second-order valence-electron chi connectivity index (χ2n) is 6.40. The van der Waals surface area contributed by atoms with E-state index in [1.165, 1.54) is 0 Å². The summed E-state index contributed by atoms with van der Waals surface area (Å²) in [5.74, 6) is -0.0269. The van der Waals surface area contributed by atoms with Crippen molar-refractivity contribution in [3.63, 3.8) is 0 Å². The molecule has 2 aromatic carbocycles. The molecule has 0 aliphatic carbocycles. The van der Waals surface area contributed by atoms with Gasteiger partial charge in [0.25, 0.3) is 0 Å². The van der Waals surface area contributed by atoms with E-state index in [0.29, 0.717) is 18.7 Å². The average Bonchev–Trinajstić information content (AvgIpc) is 2.55. The van der Waals surface area contributed by atoms with Gasteiger partial charge in [-0.25, -0.2) is 0 Å². The first-order valence-electron chi connectivity index (χ1n) is 8.35. The third-order valence-corrected chi connectivity index (χ3v) is 3.96. The largest absolute Gasteiger partial charge is 0.399 e. The number of carbonyl (C=O) groups is 2. The highest BCUT2D eigenvalue weighted by Crippen LogP contribution is 2.14. The zero-order valence-corrected chi connectivity index (χ0v) is 16.2. The lowest BCUT2D eigenvalue weighted by Gasteiger charge is -2.25. The van der Waals surface area contributed by atoms with Crippen LogP contribution in [0.4, 0.5) is 11.4 Å². The van der Waals surface area contributed by atoms with Crippen LogP contribution in [0.15, 0.2) is 48.5 Å². The minimum absolute atomic E-state index is 0. The van der Waals surface area contributed by atoms with Crippen LogP contribution >= 0.6 is 12.4 Å². The minimum atomic E-state index is -0.0786. The second kappa shape index (κ2) is 9.82. The van der Waals surface area contributed by atoms with E-state index in [4.69, 9.17) is 5.73 Å². The summed E-state index contributed by atoms with van der Waals surface area (Å²) in [6, 6.07) is 15.0. The number of nitrogen functional groups attached to an aromatic ring is 1. The third-order valence-electron chi connectivity index (χ3n) is 3.96. The van der Waals surface area contributed by atoms with Crippen molar-refractivity contribution >= 4 is 35.6 Å².